The van der Waals surface area contributed by atoms with Crippen molar-refractivity contribution >= 4 is 11.9 Å². The maximum Gasteiger partial charge on any atom is 0.317 e. The molecule has 0 spiro atoms. The molecule has 1 saturated carbocycles. The molecule has 2 aliphatic rings. The highest BCUT2D eigenvalue weighted by molar-refractivity contribution is 5.77. The highest BCUT2D eigenvalue weighted by Crippen LogP contribution is 2.41. The maximum absolute atomic E-state index is 12.7. The summed E-state index contributed by atoms with van der Waals surface area (Å²) in [4.78, 5) is 28.5. The van der Waals surface area contributed by atoms with Gasteiger partial charge in [0, 0.05) is 32.0 Å². The van der Waals surface area contributed by atoms with Gasteiger partial charge in [-0.15, -0.1) is 0 Å². The first-order valence-corrected chi connectivity index (χ1v) is 10.1. The highest BCUT2D eigenvalue weighted by atomic mass is 16.3. The first-order valence-electron chi connectivity index (χ1n) is 10.1. The third kappa shape index (κ3) is 4.10. The fraction of sp³-hybridized carbons (Fsp3) is 0.619. The van der Waals surface area contributed by atoms with Gasteiger partial charge in [-0.05, 0) is 25.3 Å². The Bertz CT molecular complexity index is 645. The molecule has 2 N–H and O–H groups in total. The van der Waals surface area contributed by atoms with E-state index in [9.17, 15) is 14.7 Å². The van der Waals surface area contributed by atoms with Crippen LogP contribution in [-0.4, -0.2) is 64.7 Å². The third-order valence-corrected chi connectivity index (χ3v) is 6.04. The van der Waals surface area contributed by atoms with Crippen molar-refractivity contribution in [3.63, 3.8) is 0 Å². The molecule has 0 aromatic heterocycles. The molecule has 6 heteroatoms. The van der Waals surface area contributed by atoms with Gasteiger partial charge in [0.05, 0.1) is 18.7 Å². The van der Waals surface area contributed by atoms with Crippen molar-refractivity contribution < 1.29 is 14.7 Å². The summed E-state index contributed by atoms with van der Waals surface area (Å²) < 4.78 is 0. The lowest BCUT2D eigenvalue weighted by Crippen LogP contribution is -2.68. The number of carbonyl (C=O) groups is 2. The molecule has 1 saturated heterocycles. The van der Waals surface area contributed by atoms with E-state index in [2.05, 4.69) is 5.32 Å². The summed E-state index contributed by atoms with van der Waals surface area (Å²) in [7, 11) is 0. The number of carbonyl (C=O) groups excluding carboxylic acids is 2. The van der Waals surface area contributed by atoms with Gasteiger partial charge in [-0.3, -0.25) is 4.79 Å². The molecule has 3 amide bonds. The van der Waals surface area contributed by atoms with Gasteiger partial charge in [0.1, 0.15) is 0 Å². The van der Waals surface area contributed by atoms with Crippen molar-refractivity contribution in [1.29, 1.82) is 0 Å². The standard InChI is InChI=1S/C21H31N3O3/c1-3-23(21(27)22-17-11-7-8-12-17)13-18-20(16-9-5-4-6-10-16)19(14-25)24(18)15(2)26/h4-6,9-10,17-20,25H,3,7-8,11-14H2,1-2H3,(H,22,27)/t18-,19-,20-/m0/s1. The van der Waals surface area contributed by atoms with Crippen molar-refractivity contribution in [2.45, 2.75) is 63.6 Å². The lowest BCUT2D eigenvalue weighted by atomic mass is 9.75. The fourth-order valence-corrected chi connectivity index (χ4v) is 4.65. The average Bonchev–Trinajstić information content (AvgIpc) is 3.14. The van der Waals surface area contributed by atoms with Crippen LogP contribution in [0.2, 0.25) is 0 Å². The van der Waals surface area contributed by atoms with Gasteiger partial charge in [-0.25, -0.2) is 4.79 Å². The average molecular weight is 373 g/mol. The monoisotopic (exact) mass is 373 g/mol. The van der Waals surface area contributed by atoms with Crippen molar-refractivity contribution in [2.24, 2.45) is 0 Å². The van der Waals surface area contributed by atoms with Gasteiger partial charge in [-0.1, -0.05) is 43.2 Å². The lowest BCUT2D eigenvalue weighted by Gasteiger charge is -2.55. The Balaban J connectivity index is 1.75. The third-order valence-electron chi connectivity index (χ3n) is 6.04. The van der Waals surface area contributed by atoms with E-state index in [1.807, 2.05) is 37.3 Å². The van der Waals surface area contributed by atoms with Crippen LogP contribution in [0.25, 0.3) is 0 Å². The van der Waals surface area contributed by atoms with Crippen LogP contribution in [0.1, 0.15) is 51.0 Å². The van der Waals surface area contributed by atoms with E-state index in [-0.39, 0.29) is 42.6 Å². The Morgan fingerprint density at radius 2 is 1.85 bits per heavy atom. The normalized spacial score (nSPS) is 25.1. The summed E-state index contributed by atoms with van der Waals surface area (Å²) in [6.45, 7) is 4.49. The number of likely N-dealkylation sites (tertiary alicyclic amines) is 1. The minimum Gasteiger partial charge on any atom is -0.394 e. The number of aliphatic hydroxyl groups excluding tert-OH is 1. The van der Waals surface area contributed by atoms with Crippen LogP contribution in [0, 0.1) is 0 Å². The van der Waals surface area contributed by atoms with E-state index in [1.165, 1.54) is 19.8 Å². The second-order valence-electron chi connectivity index (χ2n) is 7.65. The first-order chi connectivity index (χ1) is 13.1. The van der Waals surface area contributed by atoms with E-state index in [0.29, 0.717) is 13.1 Å². The molecule has 3 atom stereocenters. The quantitative estimate of drug-likeness (QED) is 0.804. The number of amides is 3. The molecule has 0 unspecified atom stereocenters. The van der Waals surface area contributed by atoms with Crippen LogP contribution < -0.4 is 5.32 Å². The van der Waals surface area contributed by atoms with Crippen molar-refractivity contribution in [3.8, 4) is 0 Å². The number of aliphatic hydroxyl groups is 1. The Morgan fingerprint density at radius 3 is 2.41 bits per heavy atom. The topological polar surface area (TPSA) is 72.9 Å². The lowest BCUT2D eigenvalue weighted by molar-refractivity contribution is -0.149. The van der Waals surface area contributed by atoms with Crippen LogP contribution in [0.5, 0.6) is 0 Å². The molecular formula is C21H31N3O3. The second kappa shape index (κ2) is 8.74. The molecule has 1 aromatic rings. The van der Waals surface area contributed by atoms with Gasteiger partial charge in [-0.2, -0.15) is 0 Å². The van der Waals surface area contributed by atoms with Crippen LogP contribution in [0.15, 0.2) is 30.3 Å². The molecule has 1 heterocycles. The maximum atomic E-state index is 12.7. The Labute approximate surface area is 161 Å². The number of hydrogen-bond donors (Lipinski definition) is 2. The van der Waals surface area contributed by atoms with E-state index >= 15 is 0 Å². The molecule has 1 aliphatic carbocycles. The number of nitrogens with one attached hydrogen (secondary N) is 1. The second-order valence-corrected chi connectivity index (χ2v) is 7.65. The molecule has 3 rings (SSSR count). The molecule has 6 nitrogen and oxygen atoms in total. The molecule has 1 aromatic carbocycles. The van der Waals surface area contributed by atoms with Crippen molar-refractivity contribution in [2.75, 3.05) is 19.7 Å². The van der Waals surface area contributed by atoms with Gasteiger partial charge in [0.2, 0.25) is 5.91 Å². The number of urea groups is 1. The highest BCUT2D eigenvalue weighted by Gasteiger charge is 2.50. The van der Waals surface area contributed by atoms with Gasteiger partial charge < -0.3 is 20.2 Å². The number of hydrogen-bond acceptors (Lipinski definition) is 3. The Hall–Kier alpha value is -2.08. The molecule has 1 aliphatic heterocycles. The number of nitrogens with zero attached hydrogens (tertiary/aromatic N) is 2. The van der Waals surface area contributed by atoms with E-state index in [4.69, 9.17) is 0 Å². The summed E-state index contributed by atoms with van der Waals surface area (Å²) in [6.07, 6.45) is 4.44. The van der Waals surface area contributed by atoms with E-state index < -0.39 is 0 Å². The zero-order valence-corrected chi connectivity index (χ0v) is 16.3. The van der Waals surface area contributed by atoms with Crippen LogP contribution in [0.3, 0.4) is 0 Å². The smallest absolute Gasteiger partial charge is 0.317 e. The first kappa shape index (κ1) is 19.7. The molecule has 148 valence electrons. The van der Waals surface area contributed by atoms with Crippen LogP contribution in [0.4, 0.5) is 4.79 Å². The predicted octanol–water partition coefficient (Wildman–Crippen LogP) is 2.34. The fourth-order valence-electron chi connectivity index (χ4n) is 4.65. The minimum atomic E-state index is -0.230. The predicted molar refractivity (Wildman–Crippen MR) is 104 cm³/mol. The van der Waals surface area contributed by atoms with Crippen LogP contribution in [-0.2, 0) is 4.79 Å². The summed E-state index contributed by atoms with van der Waals surface area (Å²) in [6, 6.07) is 9.85. The zero-order chi connectivity index (χ0) is 19.4. The Morgan fingerprint density at radius 1 is 1.19 bits per heavy atom. The van der Waals surface area contributed by atoms with Gasteiger partial charge in [0.15, 0.2) is 0 Å². The molecule has 0 bridgehead atoms. The molecular weight excluding hydrogens is 342 g/mol. The summed E-state index contributed by atoms with van der Waals surface area (Å²) in [5.74, 6) is -0.0214. The largest absolute Gasteiger partial charge is 0.394 e. The van der Waals surface area contributed by atoms with Gasteiger partial charge >= 0.3 is 6.03 Å². The molecule has 0 radical (unpaired) electrons. The van der Waals surface area contributed by atoms with E-state index in [0.717, 1.165) is 18.4 Å². The zero-order valence-electron chi connectivity index (χ0n) is 16.3. The molecule has 27 heavy (non-hydrogen) atoms. The van der Waals surface area contributed by atoms with Crippen LogP contribution >= 0.6 is 0 Å². The van der Waals surface area contributed by atoms with Crippen molar-refractivity contribution in [1.82, 2.24) is 15.1 Å². The summed E-state index contributed by atoms with van der Waals surface area (Å²) in [5, 5.41) is 13.0. The summed E-state index contributed by atoms with van der Waals surface area (Å²) >= 11 is 0. The number of rotatable bonds is 6. The SMILES string of the molecule is CCN(C[C@H]1[C@H](c2ccccc2)[C@H](CO)N1C(C)=O)C(=O)NC1CCCC1. The molecule has 2 fully saturated rings. The van der Waals surface area contributed by atoms with Crippen molar-refractivity contribution in [3.05, 3.63) is 35.9 Å². The minimum absolute atomic E-state index is 0.0356. The van der Waals surface area contributed by atoms with E-state index in [1.54, 1.807) is 9.80 Å². The Kier molecular flexibility index (Phi) is 6.37. The number of likely N-dealkylation sites (N-methyl/N-ethyl adjacent to an activating group) is 1. The van der Waals surface area contributed by atoms with Gasteiger partial charge in [0.25, 0.3) is 0 Å². The summed E-state index contributed by atoms with van der Waals surface area (Å²) in [5.41, 5.74) is 1.10. The number of benzene rings is 1.